The monoisotopic (exact) mass is 380 g/mol. The minimum Gasteiger partial charge on any atom is -0.461 e. The molecule has 3 rings (SSSR count). The number of esters is 2. The van der Waals surface area contributed by atoms with Crippen molar-refractivity contribution in [3.8, 4) is 0 Å². The highest BCUT2D eigenvalue weighted by Crippen LogP contribution is 2.49. The Hall–Kier alpha value is -1.73. The summed E-state index contributed by atoms with van der Waals surface area (Å²) in [6, 6.07) is 0. The van der Waals surface area contributed by atoms with E-state index >= 15 is 0 Å². The van der Waals surface area contributed by atoms with Gasteiger partial charge in [-0.25, -0.2) is 4.79 Å². The number of ether oxygens (including phenoxy) is 4. The van der Waals surface area contributed by atoms with Crippen LogP contribution in [0.25, 0.3) is 0 Å². The smallest absolute Gasteiger partial charge is 0.334 e. The van der Waals surface area contributed by atoms with E-state index < -0.39 is 41.5 Å². The Labute approximate surface area is 159 Å². The molecular weight excluding hydrogens is 352 g/mol. The van der Waals surface area contributed by atoms with Crippen LogP contribution >= 0.6 is 0 Å². The maximum atomic E-state index is 12.8. The van der Waals surface area contributed by atoms with Gasteiger partial charge in [0.1, 0.15) is 17.8 Å². The molecule has 150 valence electrons. The molecule has 0 N–H and O–H groups in total. The van der Waals surface area contributed by atoms with Gasteiger partial charge in [-0.05, 0) is 13.3 Å². The Morgan fingerprint density at radius 3 is 2.59 bits per heavy atom. The quantitative estimate of drug-likeness (QED) is 0.548. The van der Waals surface area contributed by atoms with Gasteiger partial charge in [-0.2, -0.15) is 0 Å². The topological polar surface area (TPSA) is 88.1 Å². The van der Waals surface area contributed by atoms with Gasteiger partial charge in [-0.1, -0.05) is 27.4 Å². The van der Waals surface area contributed by atoms with E-state index in [4.69, 9.17) is 18.9 Å². The van der Waals surface area contributed by atoms with Gasteiger partial charge in [0.05, 0.1) is 18.3 Å². The third-order valence-electron chi connectivity index (χ3n) is 6.13. The van der Waals surface area contributed by atoms with Crippen LogP contribution in [0.15, 0.2) is 12.2 Å². The van der Waals surface area contributed by atoms with Gasteiger partial charge in [0, 0.05) is 25.0 Å². The summed E-state index contributed by atoms with van der Waals surface area (Å²) < 4.78 is 23.1. The Bertz CT molecular complexity index is 684. The first-order valence-electron chi connectivity index (χ1n) is 9.42. The predicted octanol–water partition coefficient (Wildman–Crippen LogP) is 2.17. The van der Waals surface area contributed by atoms with Crippen molar-refractivity contribution in [3.63, 3.8) is 0 Å². The molecule has 0 spiro atoms. The van der Waals surface area contributed by atoms with Crippen LogP contribution in [-0.4, -0.2) is 48.4 Å². The third-order valence-corrected chi connectivity index (χ3v) is 6.13. The van der Waals surface area contributed by atoms with Crippen molar-refractivity contribution in [3.05, 3.63) is 12.2 Å². The van der Waals surface area contributed by atoms with Crippen LogP contribution < -0.4 is 0 Å². The number of fused-ring (bicyclic) bond motifs is 3. The fourth-order valence-electron chi connectivity index (χ4n) is 4.38. The van der Waals surface area contributed by atoms with Crippen LogP contribution in [-0.2, 0) is 33.3 Å². The second-order valence-electron chi connectivity index (χ2n) is 8.41. The summed E-state index contributed by atoms with van der Waals surface area (Å²) in [5.74, 6) is -3.12. The molecule has 7 nitrogen and oxygen atoms in total. The van der Waals surface area contributed by atoms with E-state index in [0.717, 1.165) is 0 Å². The molecule has 7 heteroatoms. The molecule has 0 saturated carbocycles. The lowest BCUT2D eigenvalue weighted by atomic mass is 9.78. The number of ketones is 1. The van der Waals surface area contributed by atoms with Crippen molar-refractivity contribution in [2.24, 2.45) is 17.8 Å². The Morgan fingerprint density at radius 1 is 1.33 bits per heavy atom. The second-order valence-corrected chi connectivity index (χ2v) is 8.41. The van der Waals surface area contributed by atoms with Gasteiger partial charge >= 0.3 is 11.9 Å². The fourth-order valence-corrected chi connectivity index (χ4v) is 4.38. The van der Waals surface area contributed by atoms with Gasteiger partial charge in [0.2, 0.25) is 0 Å². The summed E-state index contributed by atoms with van der Waals surface area (Å²) in [7, 11) is 1.51. The van der Waals surface area contributed by atoms with Gasteiger partial charge in [0.25, 0.3) is 0 Å². The van der Waals surface area contributed by atoms with Gasteiger partial charge in [-0.15, -0.1) is 0 Å². The van der Waals surface area contributed by atoms with Crippen molar-refractivity contribution in [1.82, 2.24) is 0 Å². The number of carbonyl (C=O) groups is 3. The zero-order chi connectivity index (χ0) is 20.1. The summed E-state index contributed by atoms with van der Waals surface area (Å²) in [4.78, 5) is 37.4. The maximum absolute atomic E-state index is 12.8. The summed E-state index contributed by atoms with van der Waals surface area (Å²) in [5, 5.41) is 0. The van der Waals surface area contributed by atoms with E-state index in [1.807, 2.05) is 6.92 Å². The lowest BCUT2D eigenvalue weighted by Crippen LogP contribution is -2.43. The molecule has 0 aromatic heterocycles. The molecule has 27 heavy (non-hydrogen) atoms. The predicted molar refractivity (Wildman–Crippen MR) is 94.5 cm³/mol. The van der Waals surface area contributed by atoms with E-state index in [0.29, 0.717) is 6.42 Å². The van der Waals surface area contributed by atoms with Crippen LogP contribution in [0.4, 0.5) is 0 Å². The Morgan fingerprint density at radius 2 is 2.00 bits per heavy atom. The molecule has 3 aliphatic rings. The van der Waals surface area contributed by atoms with Crippen molar-refractivity contribution in [2.45, 2.75) is 70.6 Å². The first-order valence-corrected chi connectivity index (χ1v) is 9.42. The first kappa shape index (κ1) is 20.0. The van der Waals surface area contributed by atoms with Crippen molar-refractivity contribution in [2.75, 3.05) is 7.11 Å². The second kappa shape index (κ2) is 6.71. The summed E-state index contributed by atoms with van der Waals surface area (Å²) in [6.45, 7) is 10.9. The summed E-state index contributed by atoms with van der Waals surface area (Å²) in [5.41, 5.74) is -0.901. The van der Waals surface area contributed by atoms with Crippen molar-refractivity contribution in [1.29, 1.82) is 0 Å². The van der Waals surface area contributed by atoms with Gasteiger partial charge in [-0.3, -0.25) is 9.59 Å². The standard InChI is InChI=1S/C20H28O7/c1-10(2)17(22)26-14-8-19(5)15(21)9-20(24-6,27-19)11(3)7-13-16(14)12(4)18(23)25-13/h10-11,13-14,16H,4,7-9H2,1-3,5-6H3/t11-,13+,14+,16-,19+,20+/m0/s1. The van der Waals surface area contributed by atoms with Gasteiger partial charge in [0.15, 0.2) is 11.6 Å². The first-order chi connectivity index (χ1) is 12.5. The minimum atomic E-state index is -1.17. The van der Waals surface area contributed by atoms with Crippen LogP contribution in [0.1, 0.15) is 47.0 Å². The van der Waals surface area contributed by atoms with Crippen LogP contribution in [0.5, 0.6) is 0 Å². The van der Waals surface area contributed by atoms with Crippen molar-refractivity contribution < 1.29 is 33.3 Å². The van der Waals surface area contributed by atoms with Crippen LogP contribution in [0.3, 0.4) is 0 Å². The van der Waals surface area contributed by atoms with Crippen LogP contribution in [0, 0.1) is 17.8 Å². The molecule has 0 aromatic rings. The Kier molecular flexibility index (Phi) is 4.97. The molecule has 3 aliphatic heterocycles. The highest BCUT2D eigenvalue weighted by Gasteiger charge is 2.61. The lowest BCUT2D eigenvalue weighted by molar-refractivity contribution is -0.264. The Balaban J connectivity index is 2.04. The highest BCUT2D eigenvalue weighted by molar-refractivity contribution is 5.92. The maximum Gasteiger partial charge on any atom is 0.334 e. The number of rotatable bonds is 3. The fraction of sp³-hybridized carbons (Fsp3) is 0.750. The number of Topliss-reactive ketones (excluding diaryl/α,β-unsaturated/α-hetero) is 1. The zero-order valence-corrected chi connectivity index (χ0v) is 16.6. The van der Waals surface area contributed by atoms with E-state index in [1.54, 1.807) is 20.8 Å². The van der Waals surface area contributed by atoms with E-state index in [1.165, 1.54) is 7.11 Å². The number of carbonyl (C=O) groups excluding carboxylic acids is 3. The molecule has 0 aromatic carbocycles. The molecule has 6 atom stereocenters. The van der Waals surface area contributed by atoms with E-state index in [2.05, 4.69) is 6.58 Å². The molecule has 2 bridgehead atoms. The summed E-state index contributed by atoms with van der Waals surface area (Å²) in [6.07, 6.45) is -0.589. The SMILES string of the molecule is C=C1C(=O)O[C@@H]2C[C@H](C)[C@@]3(OC)CC(=O)[C@@](C)(C[C@@H](OC(=O)C(C)C)[C@@H]12)O3. The zero-order valence-electron chi connectivity index (χ0n) is 16.6. The molecule has 0 aliphatic carbocycles. The summed E-state index contributed by atoms with van der Waals surface area (Å²) >= 11 is 0. The lowest BCUT2D eigenvalue weighted by Gasteiger charge is -2.35. The third kappa shape index (κ3) is 3.21. The normalized spacial score (nSPS) is 41.6. The molecule has 0 unspecified atom stereocenters. The van der Waals surface area contributed by atoms with Gasteiger partial charge < -0.3 is 18.9 Å². The average Bonchev–Trinajstić information content (AvgIpc) is 3.01. The minimum absolute atomic E-state index is 0.101. The molecule has 3 fully saturated rings. The molecule has 3 saturated heterocycles. The highest BCUT2D eigenvalue weighted by atomic mass is 16.7. The number of methoxy groups -OCH3 is 1. The molecule has 0 amide bonds. The number of hydrogen-bond acceptors (Lipinski definition) is 7. The average molecular weight is 380 g/mol. The van der Waals surface area contributed by atoms with Crippen molar-refractivity contribution >= 4 is 17.7 Å². The molecule has 0 radical (unpaired) electrons. The van der Waals surface area contributed by atoms with E-state index in [-0.39, 0.29) is 36.0 Å². The number of hydrogen-bond donors (Lipinski definition) is 0. The largest absolute Gasteiger partial charge is 0.461 e. The molecule has 3 heterocycles. The van der Waals surface area contributed by atoms with E-state index in [9.17, 15) is 14.4 Å². The molecular formula is C20H28O7. The van der Waals surface area contributed by atoms with Crippen LogP contribution in [0.2, 0.25) is 0 Å².